The molecule has 0 radical (unpaired) electrons. The van der Waals surface area contributed by atoms with Crippen molar-refractivity contribution in [3.63, 3.8) is 0 Å². The molecule has 18 heavy (non-hydrogen) atoms. The molecule has 0 atom stereocenters. The van der Waals surface area contributed by atoms with Crippen LogP contribution < -0.4 is 5.32 Å². The zero-order valence-electron chi connectivity index (χ0n) is 10.6. The van der Waals surface area contributed by atoms with Gasteiger partial charge in [0.05, 0.1) is 5.02 Å². The van der Waals surface area contributed by atoms with Crippen molar-refractivity contribution in [2.45, 2.75) is 38.6 Å². The van der Waals surface area contributed by atoms with Crippen LogP contribution in [0.2, 0.25) is 5.02 Å². The van der Waals surface area contributed by atoms with Gasteiger partial charge in [0.15, 0.2) is 0 Å². The molecule has 0 saturated heterocycles. The van der Waals surface area contributed by atoms with E-state index < -0.39 is 0 Å². The van der Waals surface area contributed by atoms with Crippen molar-refractivity contribution >= 4 is 11.6 Å². The van der Waals surface area contributed by atoms with Crippen LogP contribution in [-0.4, -0.2) is 11.7 Å². The molecule has 0 unspecified atom stereocenters. The Morgan fingerprint density at radius 3 is 2.94 bits per heavy atom. The highest BCUT2D eigenvalue weighted by Crippen LogP contribution is 2.26. The molecule has 1 aromatic rings. The first-order valence-corrected chi connectivity index (χ1v) is 7.00. The third-order valence-corrected chi connectivity index (χ3v) is 3.70. The molecular weight excluding hydrogens is 246 g/mol. The molecule has 0 saturated carbocycles. The van der Waals surface area contributed by atoms with Crippen molar-refractivity contribution < 1.29 is 5.11 Å². The summed E-state index contributed by atoms with van der Waals surface area (Å²) in [5.41, 5.74) is 2.43. The largest absolute Gasteiger partial charge is 0.506 e. The topological polar surface area (TPSA) is 32.3 Å². The monoisotopic (exact) mass is 265 g/mol. The number of hydrogen-bond acceptors (Lipinski definition) is 2. The molecule has 1 aromatic carbocycles. The lowest BCUT2D eigenvalue weighted by atomic mass is 9.97. The minimum absolute atomic E-state index is 0.198. The first-order chi connectivity index (χ1) is 8.77. The minimum Gasteiger partial charge on any atom is -0.506 e. The highest BCUT2D eigenvalue weighted by molar-refractivity contribution is 6.32. The van der Waals surface area contributed by atoms with Gasteiger partial charge in [0, 0.05) is 12.1 Å². The molecule has 0 aromatic heterocycles. The number of benzene rings is 1. The standard InChI is InChI=1S/C15H20ClNO/c16-14-8-4-7-13(15(14)18)11-17-10-9-12-5-2-1-3-6-12/h4-5,7-8,17-18H,1-3,6,9-11H2. The van der Waals surface area contributed by atoms with Gasteiger partial charge in [0.1, 0.15) is 5.75 Å². The minimum atomic E-state index is 0.198. The zero-order valence-corrected chi connectivity index (χ0v) is 11.3. The SMILES string of the molecule is Oc1c(Cl)cccc1CNCCC1=CCCCC1. The molecule has 1 aliphatic rings. The third-order valence-electron chi connectivity index (χ3n) is 3.39. The fourth-order valence-corrected chi connectivity index (χ4v) is 2.50. The Bertz CT molecular complexity index is 429. The average molecular weight is 266 g/mol. The van der Waals surface area contributed by atoms with E-state index in [1.54, 1.807) is 11.6 Å². The van der Waals surface area contributed by atoms with E-state index in [4.69, 9.17) is 11.6 Å². The first kappa shape index (κ1) is 13.4. The van der Waals surface area contributed by atoms with Crippen LogP contribution in [0.15, 0.2) is 29.8 Å². The summed E-state index contributed by atoms with van der Waals surface area (Å²) in [6, 6.07) is 5.46. The van der Waals surface area contributed by atoms with E-state index in [1.807, 2.05) is 12.1 Å². The fraction of sp³-hybridized carbons (Fsp3) is 0.467. The molecule has 2 rings (SSSR count). The van der Waals surface area contributed by atoms with Crippen LogP contribution in [0.3, 0.4) is 0 Å². The summed E-state index contributed by atoms with van der Waals surface area (Å²) in [5, 5.41) is 13.5. The van der Waals surface area contributed by atoms with Crippen LogP contribution in [0.25, 0.3) is 0 Å². The quantitative estimate of drug-likeness (QED) is 0.622. The summed E-state index contributed by atoms with van der Waals surface area (Å²) in [7, 11) is 0. The van der Waals surface area contributed by atoms with Gasteiger partial charge >= 0.3 is 0 Å². The van der Waals surface area contributed by atoms with Crippen molar-refractivity contribution in [2.75, 3.05) is 6.54 Å². The molecule has 0 bridgehead atoms. The molecule has 0 spiro atoms. The van der Waals surface area contributed by atoms with Gasteiger partial charge in [0.25, 0.3) is 0 Å². The maximum absolute atomic E-state index is 9.76. The molecule has 98 valence electrons. The van der Waals surface area contributed by atoms with Crippen molar-refractivity contribution in [1.82, 2.24) is 5.32 Å². The Balaban J connectivity index is 1.75. The van der Waals surface area contributed by atoms with Crippen LogP contribution in [0.5, 0.6) is 5.75 Å². The lowest BCUT2D eigenvalue weighted by molar-refractivity contribution is 0.464. The van der Waals surface area contributed by atoms with Crippen molar-refractivity contribution in [1.29, 1.82) is 0 Å². The summed E-state index contributed by atoms with van der Waals surface area (Å²) in [5.74, 6) is 0.198. The van der Waals surface area contributed by atoms with E-state index >= 15 is 0 Å². The number of hydrogen-bond donors (Lipinski definition) is 2. The van der Waals surface area contributed by atoms with Gasteiger partial charge in [-0.15, -0.1) is 0 Å². The summed E-state index contributed by atoms with van der Waals surface area (Å²) < 4.78 is 0. The number of allylic oxidation sites excluding steroid dienone is 1. The van der Waals surface area contributed by atoms with E-state index in [9.17, 15) is 5.11 Å². The molecule has 2 nitrogen and oxygen atoms in total. The lowest BCUT2D eigenvalue weighted by Gasteiger charge is -2.13. The van der Waals surface area contributed by atoms with Crippen molar-refractivity contribution in [2.24, 2.45) is 0 Å². The van der Waals surface area contributed by atoms with E-state index in [0.717, 1.165) is 18.5 Å². The van der Waals surface area contributed by atoms with E-state index in [-0.39, 0.29) is 5.75 Å². The lowest BCUT2D eigenvalue weighted by Crippen LogP contribution is -2.15. The number of rotatable bonds is 5. The van der Waals surface area contributed by atoms with Gasteiger partial charge in [-0.2, -0.15) is 0 Å². The Morgan fingerprint density at radius 1 is 1.28 bits per heavy atom. The highest BCUT2D eigenvalue weighted by atomic mass is 35.5. The molecule has 0 fully saturated rings. The highest BCUT2D eigenvalue weighted by Gasteiger charge is 2.05. The van der Waals surface area contributed by atoms with Gasteiger partial charge in [0.2, 0.25) is 0 Å². The Hall–Kier alpha value is -0.990. The number of aromatic hydroxyl groups is 1. The van der Waals surface area contributed by atoms with Crippen LogP contribution in [0.1, 0.15) is 37.7 Å². The van der Waals surface area contributed by atoms with E-state index in [2.05, 4.69) is 11.4 Å². The van der Waals surface area contributed by atoms with E-state index in [1.165, 1.54) is 25.7 Å². The third kappa shape index (κ3) is 3.76. The number of nitrogens with one attached hydrogen (secondary N) is 1. The average Bonchev–Trinajstić information content (AvgIpc) is 2.40. The normalized spacial score (nSPS) is 15.5. The van der Waals surface area contributed by atoms with Crippen LogP contribution >= 0.6 is 11.6 Å². The predicted octanol–water partition coefficient (Wildman–Crippen LogP) is 4.03. The second-order valence-electron chi connectivity index (χ2n) is 4.78. The van der Waals surface area contributed by atoms with Gasteiger partial charge < -0.3 is 10.4 Å². The van der Waals surface area contributed by atoms with Crippen molar-refractivity contribution in [3.8, 4) is 5.75 Å². The van der Waals surface area contributed by atoms with Gasteiger partial charge in [-0.05, 0) is 44.7 Å². The molecule has 0 heterocycles. The molecule has 2 N–H and O–H groups in total. The van der Waals surface area contributed by atoms with Gasteiger partial charge in [-0.1, -0.05) is 35.4 Å². The molecular formula is C15H20ClNO. The van der Waals surface area contributed by atoms with Gasteiger partial charge in [-0.25, -0.2) is 0 Å². The Labute approximate surface area is 114 Å². The zero-order chi connectivity index (χ0) is 12.8. The van der Waals surface area contributed by atoms with Crippen molar-refractivity contribution in [3.05, 3.63) is 40.4 Å². The second-order valence-corrected chi connectivity index (χ2v) is 5.19. The summed E-state index contributed by atoms with van der Waals surface area (Å²) >= 11 is 5.86. The number of halogens is 1. The molecule has 3 heteroatoms. The number of phenolic OH excluding ortho intramolecular Hbond substituents is 1. The smallest absolute Gasteiger partial charge is 0.138 e. The van der Waals surface area contributed by atoms with Crippen LogP contribution in [0, 0.1) is 0 Å². The van der Waals surface area contributed by atoms with Crippen LogP contribution in [-0.2, 0) is 6.54 Å². The summed E-state index contributed by atoms with van der Waals surface area (Å²) in [6.45, 7) is 1.62. The molecule has 1 aliphatic carbocycles. The predicted molar refractivity (Wildman–Crippen MR) is 76.0 cm³/mol. The Kier molecular flexibility index (Phi) is 5.09. The van der Waals surface area contributed by atoms with Gasteiger partial charge in [-0.3, -0.25) is 0 Å². The summed E-state index contributed by atoms with van der Waals surface area (Å²) in [6.07, 6.45) is 8.66. The van der Waals surface area contributed by atoms with E-state index in [0.29, 0.717) is 11.6 Å². The Morgan fingerprint density at radius 2 is 2.17 bits per heavy atom. The fourth-order valence-electron chi connectivity index (χ4n) is 2.31. The maximum atomic E-state index is 9.76. The molecule has 0 aliphatic heterocycles. The maximum Gasteiger partial charge on any atom is 0.138 e. The number of phenols is 1. The second kappa shape index (κ2) is 6.81. The summed E-state index contributed by atoms with van der Waals surface area (Å²) in [4.78, 5) is 0. The number of para-hydroxylation sites is 1. The first-order valence-electron chi connectivity index (χ1n) is 6.62. The van der Waals surface area contributed by atoms with Crippen LogP contribution in [0.4, 0.5) is 0 Å². The molecule has 0 amide bonds.